The Balaban J connectivity index is 1.73. The second-order valence-corrected chi connectivity index (χ2v) is 8.43. The van der Waals surface area contributed by atoms with Crippen molar-refractivity contribution in [1.82, 2.24) is 14.8 Å². The molecule has 0 aromatic carbocycles. The van der Waals surface area contributed by atoms with Crippen LogP contribution >= 0.6 is 23.1 Å². The van der Waals surface area contributed by atoms with Crippen molar-refractivity contribution in [2.45, 2.75) is 37.4 Å². The number of nitrogens with zero attached hydrogens (tertiary/aromatic N) is 3. The molecule has 1 fully saturated rings. The molecule has 9 nitrogen and oxygen atoms in total. The highest BCUT2D eigenvalue weighted by Crippen LogP contribution is 2.40. The maximum atomic E-state index is 12.5. The number of esters is 1. The number of hydrogen-bond donors (Lipinski definition) is 2. The van der Waals surface area contributed by atoms with Crippen molar-refractivity contribution in [2.75, 3.05) is 18.2 Å². The molecular weight excluding hydrogens is 414 g/mol. The number of ether oxygens (including phenoxy) is 1. The number of carbonyl (C=O) groups is 3. The number of amides is 2. The van der Waals surface area contributed by atoms with Crippen molar-refractivity contribution in [2.24, 2.45) is 5.73 Å². The van der Waals surface area contributed by atoms with Gasteiger partial charge in [0.2, 0.25) is 5.91 Å². The first-order valence-corrected chi connectivity index (χ1v) is 10.7. The summed E-state index contributed by atoms with van der Waals surface area (Å²) in [4.78, 5) is 36.4. The van der Waals surface area contributed by atoms with E-state index in [1.165, 1.54) is 18.9 Å². The first kappa shape index (κ1) is 21.1. The predicted molar refractivity (Wildman–Crippen MR) is 110 cm³/mol. The van der Waals surface area contributed by atoms with Gasteiger partial charge in [0.25, 0.3) is 5.91 Å². The molecule has 11 heteroatoms. The molecule has 2 aromatic heterocycles. The third kappa shape index (κ3) is 4.51. The van der Waals surface area contributed by atoms with E-state index in [0.29, 0.717) is 23.2 Å². The molecule has 3 rings (SSSR count). The van der Waals surface area contributed by atoms with Crippen LogP contribution in [0.25, 0.3) is 0 Å². The number of rotatable bonds is 9. The molecule has 0 aliphatic heterocycles. The number of thiophene rings is 1. The molecule has 0 bridgehead atoms. The lowest BCUT2D eigenvalue weighted by atomic mass is 10.1. The largest absolute Gasteiger partial charge is 0.465 e. The van der Waals surface area contributed by atoms with Gasteiger partial charge in [-0.1, -0.05) is 17.8 Å². The van der Waals surface area contributed by atoms with Gasteiger partial charge in [-0.05, 0) is 25.3 Å². The van der Waals surface area contributed by atoms with E-state index >= 15 is 0 Å². The fraction of sp³-hybridized carbons (Fsp3) is 0.389. The lowest BCUT2D eigenvalue weighted by Gasteiger charge is -2.08. The molecule has 0 unspecified atom stereocenters. The number of nitrogens with two attached hydrogens (primary N) is 1. The van der Waals surface area contributed by atoms with Crippen molar-refractivity contribution in [1.29, 1.82) is 0 Å². The van der Waals surface area contributed by atoms with Gasteiger partial charge in [-0.15, -0.1) is 28.1 Å². The van der Waals surface area contributed by atoms with E-state index in [1.807, 2.05) is 4.57 Å². The predicted octanol–water partition coefficient (Wildman–Crippen LogP) is 2.33. The average molecular weight is 436 g/mol. The van der Waals surface area contributed by atoms with Gasteiger partial charge in [-0.25, -0.2) is 4.79 Å². The van der Waals surface area contributed by atoms with Gasteiger partial charge in [0, 0.05) is 12.5 Å². The summed E-state index contributed by atoms with van der Waals surface area (Å²) < 4.78 is 6.72. The van der Waals surface area contributed by atoms with Crippen molar-refractivity contribution in [3.8, 4) is 0 Å². The number of primary amides is 1. The van der Waals surface area contributed by atoms with Crippen LogP contribution < -0.4 is 11.1 Å². The highest BCUT2D eigenvalue weighted by Gasteiger charge is 2.30. The molecule has 0 atom stereocenters. The van der Waals surface area contributed by atoms with Crippen LogP contribution in [-0.2, 0) is 16.1 Å². The van der Waals surface area contributed by atoms with Gasteiger partial charge in [0.05, 0.1) is 23.3 Å². The molecule has 1 saturated carbocycles. The van der Waals surface area contributed by atoms with E-state index in [1.54, 1.807) is 13.0 Å². The molecule has 29 heavy (non-hydrogen) atoms. The normalized spacial score (nSPS) is 13.2. The summed E-state index contributed by atoms with van der Waals surface area (Å²) in [5.74, 6) is -0.260. The summed E-state index contributed by atoms with van der Waals surface area (Å²) >= 11 is 2.20. The molecule has 154 valence electrons. The van der Waals surface area contributed by atoms with Gasteiger partial charge in [-0.3, -0.25) is 9.59 Å². The molecule has 2 heterocycles. The number of anilines is 1. The molecule has 0 spiro atoms. The molecule has 0 radical (unpaired) electrons. The molecule has 0 saturated heterocycles. The van der Waals surface area contributed by atoms with Gasteiger partial charge in [0.1, 0.15) is 10.8 Å². The number of carbonyl (C=O) groups excluding carboxylic acids is 3. The maximum absolute atomic E-state index is 12.5. The van der Waals surface area contributed by atoms with Crippen LogP contribution in [-0.4, -0.2) is 45.4 Å². The van der Waals surface area contributed by atoms with Crippen molar-refractivity contribution >= 4 is 45.9 Å². The van der Waals surface area contributed by atoms with E-state index in [2.05, 4.69) is 22.1 Å². The second kappa shape index (κ2) is 8.78. The molecular formula is C18H21N5O4S2. The van der Waals surface area contributed by atoms with E-state index < -0.39 is 11.9 Å². The zero-order valence-electron chi connectivity index (χ0n) is 16.1. The summed E-state index contributed by atoms with van der Waals surface area (Å²) in [6, 6.07) is 0. The SMILES string of the molecule is C=CCn1c(SCC(=O)Nc2sc(C(N)=O)c(C)c2C(=O)OC)nnc1C1CC1. The minimum Gasteiger partial charge on any atom is -0.465 e. The van der Waals surface area contributed by atoms with Gasteiger partial charge >= 0.3 is 5.97 Å². The number of hydrogen-bond acceptors (Lipinski definition) is 8. The van der Waals surface area contributed by atoms with E-state index in [-0.39, 0.29) is 27.1 Å². The first-order chi connectivity index (χ1) is 13.9. The maximum Gasteiger partial charge on any atom is 0.341 e. The highest BCUT2D eigenvalue weighted by molar-refractivity contribution is 7.99. The summed E-state index contributed by atoms with van der Waals surface area (Å²) in [6.45, 7) is 5.92. The average Bonchev–Trinajstić information content (AvgIpc) is 3.37. The Kier molecular flexibility index (Phi) is 6.38. The Hall–Kier alpha value is -2.66. The topological polar surface area (TPSA) is 129 Å². The van der Waals surface area contributed by atoms with Crippen LogP contribution in [0.3, 0.4) is 0 Å². The Morgan fingerprint density at radius 2 is 2.14 bits per heavy atom. The zero-order chi connectivity index (χ0) is 21.1. The van der Waals surface area contributed by atoms with Gasteiger partial charge < -0.3 is 20.4 Å². The van der Waals surface area contributed by atoms with Crippen molar-refractivity contribution in [3.63, 3.8) is 0 Å². The minimum atomic E-state index is -0.669. The summed E-state index contributed by atoms with van der Waals surface area (Å²) in [5, 5.41) is 12.0. The Morgan fingerprint density at radius 3 is 2.72 bits per heavy atom. The van der Waals surface area contributed by atoms with Crippen molar-refractivity contribution in [3.05, 3.63) is 34.5 Å². The Labute approximate surface area is 175 Å². The van der Waals surface area contributed by atoms with Gasteiger partial charge in [-0.2, -0.15) is 0 Å². The van der Waals surface area contributed by atoms with Gasteiger partial charge in [0.15, 0.2) is 5.16 Å². The summed E-state index contributed by atoms with van der Waals surface area (Å²) in [6.07, 6.45) is 3.95. The minimum absolute atomic E-state index is 0.0589. The van der Waals surface area contributed by atoms with Crippen LogP contribution in [0.15, 0.2) is 17.8 Å². The van der Waals surface area contributed by atoms with E-state index in [9.17, 15) is 14.4 Å². The monoisotopic (exact) mass is 435 g/mol. The fourth-order valence-corrected chi connectivity index (χ4v) is 4.65. The smallest absolute Gasteiger partial charge is 0.341 e. The molecule has 1 aliphatic rings. The first-order valence-electron chi connectivity index (χ1n) is 8.85. The number of thioether (sulfide) groups is 1. The molecule has 3 N–H and O–H groups in total. The van der Waals surface area contributed by atoms with Crippen LogP contribution in [0.4, 0.5) is 5.00 Å². The number of aromatic nitrogens is 3. The van der Waals surface area contributed by atoms with E-state index in [0.717, 1.165) is 30.0 Å². The lowest BCUT2D eigenvalue weighted by molar-refractivity contribution is -0.113. The highest BCUT2D eigenvalue weighted by atomic mass is 32.2. The number of allylic oxidation sites excluding steroid dienone is 1. The molecule has 2 amide bonds. The molecule has 2 aromatic rings. The van der Waals surface area contributed by atoms with Crippen molar-refractivity contribution < 1.29 is 19.1 Å². The standard InChI is InChI=1S/C18H21N5O4S2/c1-4-7-23-15(10-5-6-10)21-22-18(23)28-8-11(24)20-16-12(17(26)27-3)9(2)13(29-16)14(19)25/h4,10H,1,5-8H2,2-3H3,(H2,19,25)(H,20,24). The number of methoxy groups -OCH3 is 1. The lowest BCUT2D eigenvalue weighted by Crippen LogP contribution is -2.16. The Bertz CT molecular complexity index is 977. The van der Waals surface area contributed by atoms with Crippen LogP contribution in [0, 0.1) is 6.92 Å². The number of nitrogens with one attached hydrogen (secondary N) is 1. The fourth-order valence-electron chi connectivity index (χ4n) is 2.83. The van der Waals surface area contributed by atoms with Crippen LogP contribution in [0.5, 0.6) is 0 Å². The summed E-state index contributed by atoms with van der Waals surface area (Å²) in [5.41, 5.74) is 5.88. The summed E-state index contributed by atoms with van der Waals surface area (Å²) in [7, 11) is 1.23. The van der Waals surface area contributed by atoms with Crippen LogP contribution in [0.1, 0.15) is 50.2 Å². The third-order valence-electron chi connectivity index (χ3n) is 4.35. The second-order valence-electron chi connectivity index (χ2n) is 6.47. The van der Waals surface area contributed by atoms with E-state index in [4.69, 9.17) is 10.5 Å². The third-order valence-corrected chi connectivity index (χ3v) is 6.53. The Morgan fingerprint density at radius 1 is 1.41 bits per heavy atom. The van der Waals surface area contributed by atoms with Crippen LogP contribution in [0.2, 0.25) is 0 Å². The molecule has 1 aliphatic carbocycles. The zero-order valence-corrected chi connectivity index (χ0v) is 17.7. The quantitative estimate of drug-likeness (QED) is 0.351.